The van der Waals surface area contributed by atoms with E-state index in [1.807, 2.05) is 6.92 Å². The fourth-order valence-corrected chi connectivity index (χ4v) is 2.52. The van der Waals surface area contributed by atoms with Gasteiger partial charge in [0, 0.05) is 17.9 Å². The zero-order chi connectivity index (χ0) is 13.5. The fourth-order valence-electron chi connectivity index (χ4n) is 1.45. The molecule has 0 amide bonds. The predicted molar refractivity (Wildman–Crippen MR) is 72.4 cm³/mol. The molecule has 1 atom stereocenters. The molecule has 0 aliphatic carbocycles. The van der Waals surface area contributed by atoms with Crippen molar-refractivity contribution in [2.45, 2.75) is 12.7 Å². The van der Waals surface area contributed by atoms with Gasteiger partial charge in [-0.25, -0.2) is 4.79 Å². The Morgan fingerprint density at radius 3 is 2.78 bits per heavy atom. The first kappa shape index (κ1) is 14.9. The van der Waals surface area contributed by atoms with Crippen LogP contribution in [-0.4, -0.2) is 35.7 Å². The largest absolute Gasteiger partial charge is 0.496 e. The standard InChI is InChI=1S/C13H18O4S/c1-9(6-14)7-18-8-11-5-10(13(15)16)3-4-12(11)17-2/h3-5,9,14H,6-8H2,1-2H3,(H,15,16). The lowest BCUT2D eigenvalue weighted by atomic mass is 10.1. The molecule has 4 nitrogen and oxygen atoms in total. The summed E-state index contributed by atoms with van der Waals surface area (Å²) in [6, 6.07) is 4.85. The van der Waals surface area contributed by atoms with E-state index in [4.69, 9.17) is 14.9 Å². The fraction of sp³-hybridized carbons (Fsp3) is 0.462. The molecule has 0 bridgehead atoms. The van der Waals surface area contributed by atoms with E-state index in [-0.39, 0.29) is 18.1 Å². The highest BCUT2D eigenvalue weighted by atomic mass is 32.2. The molecule has 5 heteroatoms. The highest BCUT2D eigenvalue weighted by Gasteiger charge is 2.09. The normalized spacial score (nSPS) is 12.2. The molecular weight excluding hydrogens is 252 g/mol. The summed E-state index contributed by atoms with van der Waals surface area (Å²) >= 11 is 1.66. The minimum absolute atomic E-state index is 0.166. The summed E-state index contributed by atoms with van der Waals surface area (Å²) in [6.07, 6.45) is 0. The number of rotatable bonds is 7. The second-order valence-corrected chi connectivity index (χ2v) is 5.16. The summed E-state index contributed by atoms with van der Waals surface area (Å²) in [6.45, 7) is 2.14. The number of aliphatic hydroxyl groups is 1. The molecule has 1 aromatic rings. The Morgan fingerprint density at radius 1 is 1.50 bits per heavy atom. The van der Waals surface area contributed by atoms with Gasteiger partial charge in [-0.05, 0) is 29.9 Å². The van der Waals surface area contributed by atoms with Crippen LogP contribution >= 0.6 is 11.8 Å². The lowest BCUT2D eigenvalue weighted by Gasteiger charge is -2.11. The van der Waals surface area contributed by atoms with E-state index in [0.29, 0.717) is 11.5 Å². The van der Waals surface area contributed by atoms with Gasteiger partial charge in [0.15, 0.2) is 0 Å². The number of aromatic carboxylic acids is 1. The minimum atomic E-state index is -0.937. The van der Waals surface area contributed by atoms with E-state index in [1.165, 1.54) is 6.07 Å². The van der Waals surface area contributed by atoms with E-state index in [9.17, 15) is 4.79 Å². The smallest absolute Gasteiger partial charge is 0.335 e. The average molecular weight is 270 g/mol. The maximum absolute atomic E-state index is 10.9. The van der Waals surface area contributed by atoms with Crippen LogP contribution in [0.4, 0.5) is 0 Å². The van der Waals surface area contributed by atoms with Crippen LogP contribution in [0.15, 0.2) is 18.2 Å². The minimum Gasteiger partial charge on any atom is -0.496 e. The van der Waals surface area contributed by atoms with Gasteiger partial charge in [0.25, 0.3) is 0 Å². The maximum Gasteiger partial charge on any atom is 0.335 e. The summed E-state index contributed by atoms with van der Waals surface area (Å²) in [5, 5.41) is 17.9. The molecule has 0 aliphatic rings. The summed E-state index contributed by atoms with van der Waals surface area (Å²) < 4.78 is 5.21. The molecular formula is C13H18O4S. The number of carboxylic acid groups (broad SMARTS) is 1. The number of hydrogen-bond donors (Lipinski definition) is 2. The first-order chi connectivity index (χ1) is 8.58. The Bertz CT molecular complexity index is 406. The number of ether oxygens (including phenoxy) is 1. The Balaban J connectivity index is 2.72. The van der Waals surface area contributed by atoms with E-state index in [0.717, 1.165) is 11.3 Å². The van der Waals surface area contributed by atoms with Gasteiger partial charge in [-0.2, -0.15) is 11.8 Å². The van der Waals surface area contributed by atoms with E-state index in [2.05, 4.69) is 0 Å². The zero-order valence-corrected chi connectivity index (χ0v) is 11.4. The summed E-state index contributed by atoms with van der Waals surface area (Å²) in [4.78, 5) is 10.9. The van der Waals surface area contributed by atoms with Crippen LogP contribution in [0.25, 0.3) is 0 Å². The van der Waals surface area contributed by atoms with Gasteiger partial charge in [0.1, 0.15) is 5.75 Å². The van der Waals surface area contributed by atoms with Crippen LogP contribution in [-0.2, 0) is 5.75 Å². The summed E-state index contributed by atoms with van der Waals surface area (Å²) in [5.41, 5.74) is 1.13. The SMILES string of the molecule is COc1ccc(C(=O)O)cc1CSCC(C)CO. The number of thioether (sulfide) groups is 1. The lowest BCUT2D eigenvalue weighted by Crippen LogP contribution is -2.04. The van der Waals surface area contributed by atoms with E-state index >= 15 is 0 Å². The molecule has 0 radical (unpaired) electrons. The molecule has 0 fully saturated rings. The van der Waals surface area contributed by atoms with Crippen molar-refractivity contribution in [3.63, 3.8) is 0 Å². The van der Waals surface area contributed by atoms with Gasteiger partial charge >= 0.3 is 5.97 Å². The van der Waals surface area contributed by atoms with Crippen molar-refractivity contribution in [2.75, 3.05) is 19.5 Å². The first-order valence-electron chi connectivity index (χ1n) is 5.67. The Hall–Kier alpha value is -1.20. The molecule has 1 rings (SSSR count). The highest BCUT2D eigenvalue weighted by Crippen LogP contribution is 2.25. The molecule has 1 aromatic carbocycles. The van der Waals surface area contributed by atoms with E-state index in [1.54, 1.807) is 31.0 Å². The number of benzene rings is 1. The van der Waals surface area contributed by atoms with Crippen molar-refractivity contribution >= 4 is 17.7 Å². The van der Waals surface area contributed by atoms with Crippen LogP contribution in [0.3, 0.4) is 0 Å². The molecule has 100 valence electrons. The number of methoxy groups -OCH3 is 1. The molecule has 2 N–H and O–H groups in total. The average Bonchev–Trinajstić information content (AvgIpc) is 2.38. The zero-order valence-electron chi connectivity index (χ0n) is 10.5. The lowest BCUT2D eigenvalue weighted by molar-refractivity contribution is 0.0696. The quantitative estimate of drug-likeness (QED) is 0.795. The maximum atomic E-state index is 10.9. The second kappa shape index (κ2) is 7.28. The number of carboxylic acids is 1. The Kier molecular flexibility index (Phi) is 6.01. The number of aliphatic hydroxyl groups excluding tert-OH is 1. The third-order valence-electron chi connectivity index (χ3n) is 2.50. The van der Waals surface area contributed by atoms with Gasteiger partial charge in [-0.1, -0.05) is 6.92 Å². The van der Waals surface area contributed by atoms with Crippen molar-refractivity contribution in [3.8, 4) is 5.75 Å². The molecule has 0 heterocycles. The van der Waals surface area contributed by atoms with Gasteiger partial charge in [0.05, 0.1) is 12.7 Å². The molecule has 0 aliphatic heterocycles. The van der Waals surface area contributed by atoms with Crippen LogP contribution < -0.4 is 4.74 Å². The van der Waals surface area contributed by atoms with Crippen molar-refractivity contribution in [2.24, 2.45) is 5.92 Å². The first-order valence-corrected chi connectivity index (χ1v) is 6.82. The summed E-state index contributed by atoms with van der Waals surface area (Å²) in [7, 11) is 1.57. The second-order valence-electron chi connectivity index (χ2n) is 4.13. The third-order valence-corrected chi connectivity index (χ3v) is 3.82. The molecule has 1 unspecified atom stereocenters. The van der Waals surface area contributed by atoms with Crippen molar-refractivity contribution in [1.29, 1.82) is 0 Å². The molecule has 0 aromatic heterocycles. The van der Waals surface area contributed by atoms with Crippen LogP contribution in [0.1, 0.15) is 22.8 Å². The predicted octanol–water partition coefficient (Wildman–Crippen LogP) is 2.26. The summed E-state index contributed by atoms with van der Waals surface area (Å²) in [5.74, 6) is 1.51. The molecule has 0 saturated heterocycles. The number of carbonyl (C=O) groups is 1. The molecule has 18 heavy (non-hydrogen) atoms. The van der Waals surface area contributed by atoms with Crippen molar-refractivity contribution in [3.05, 3.63) is 29.3 Å². The Labute approximate surface area is 111 Å². The van der Waals surface area contributed by atoms with Gasteiger partial charge < -0.3 is 14.9 Å². The molecule has 0 spiro atoms. The monoisotopic (exact) mass is 270 g/mol. The van der Waals surface area contributed by atoms with Crippen LogP contribution in [0.5, 0.6) is 5.75 Å². The van der Waals surface area contributed by atoms with Gasteiger partial charge in [-0.3, -0.25) is 0 Å². The van der Waals surface area contributed by atoms with Crippen LogP contribution in [0, 0.1) is 5.92 Å². The highest BCUT2D eigenvalue weighted by molar-refractivity contribution is 7.98. The van der Waals surface area contributed by atoms with Crippen LogP contribution in [0.2, 0.25) is 0 Å². The molecule has 0 saturated carbocycles. The van der Waals surface area contributed by atoms with Crippen molar-refractivity contribution < 1.29 is 19.7 Å². The number of hydrogen-bond acceptors (Lipinski definition) is 4. The topological polar surface area (TPSA) is 66.8 Å². The van der Waals surface area contributed by atoms with Gasteiger partial charge in [0.2, 0.25) is 0 Å². The third kappa shape index (κ3) is 4.23. The van der Waals surface area contributed by atoms with Gasteiger partial charge in [-0.15, -0.1) is 0 Å². The van der Waals surface area contributed by atoms with E-state index < -0.39 is 5.97 Å². The van der Waals surface area contributed by atoms with Crippen molar-refractivity contribution in [1.82, 2.24) is 0 Å². The Morgan fingerprint density at radius 2 is 2.22 bits per heavy atom.